The van der Waals surface area contributed by atoms with Crippen LogP contribution >= 0.6 is 11.3 Å². The fraction of sp³-hybridized carbons (Fsp3) is 0.769. The molecule has 0 spiro atoms. The van der Waals surface area contributed by atoms with Gasteiger partial charge in [-0.05, 0) is 27.3 Å². The van der Waals surface area contributed by atoms with Gasteiger partial charge in [-0.1, -0.05) is 13.3 Å². The second-order valence-corrected chi connectivity index (χ2v) is 5.68. The van der Waals surface area contributed by atoms with Gasteiger partial charge in [-0.25, -0.2) is 4.98 Å². The number of hydrogen-bond donors (Lipinski definition) is 1. The van der Waals surface area contributed by atoms with E-state index in [-0.39, 0.29) is 0 Å². The van der Waals surface area contributed by atoms with E-state index in [9.17, 15) is 0 Å². The molecule has 1 aromatic heterocycles. The van der Waals surface area contributed by atoms with Gasteiger partial charge in [-0.15, -0.1) is 11.3 Å². The molecule has 0 bridgehead atoms. The average molecular weight is 255 g/mol. The molecule has 1 unspecified atom stereocenters. The van der Waals surface area contributed by atoms with Gasteiger partial charge in [0.2, 0.25) is 0 Å². The van der Waals surface area contributed by atoms with Crippen LogP contribution in [0.15, 0.2) is 5.51 Å². The molecule has 0 fully saturated rings. The van der Waals surface area contributed by atoms with Crippen LogP contribution in [0.3, 0.4) is 0 Å². The lowest BCUT2D eigenvalue weighted by Crippen LogP contribution is -2.34. The minimum Gasteiger partial charge on any atom is -0.313 e. The molecule has 1 aromatic rings. The highest BCUT2D eigenvalue weighted by Crippen LogP contribution is 2.13. The highest BCUT2D eigenvalue weighted by atomic mass is 32.1. The van der Waals surface area contributed by atoms with Crippen LogP contribution < -0.4 is 5.32 Å². The Morgan fingerprint density at radius 3 is 2.88 bits per heavy atom. The summed E-state index contributed by atoms with van der Waals surface area (Å²) in [5, 5.41) is 3.55. The molecule has 0 amide bonds. The van der Waals surface area contributed by atoms with Crippen molar-refractivity contribution in [2.75, 3.05) is 20.1 Å². The van der Waals surface area contributed by atoms with Crippen LogP contribution in [0.1, 0.15) is 37.3 Å². The van der Waals surface area contributed by atoms with Crippen molar-refractivity contribution >= 4 is 11.3 Å². The monoisotopic (exact) mass is 255 g/mol. The van der Waals surface area contributed by atoms with Crippen LogP contribution in [0.5, 0.6) is 0 Å². The van der Waals surface area contributed by atoms with Crippen molar-refractivity contribution in [2.45, 2.75) is 46.2 Å². The predicted octanol–water partition coefficient (Wildman–Crippen LogP) is 2.66. The van der Waals surface area contributed by atoms with Gasteiger partial charge < -0.3 is 5.32 Å². The number of nitrogens with zero attached hydrogens (tertiary/aromatic N) is 2. The second kappa shape index (κ2) is 7.80. The Hall–Kier alpha value is -0.450. The first-order valence-corrected chi connectivity index (χ1v) is 7.32. The maximum absolute atomic E-state index is 4.28. The normalized spacial score (nSPS) is 13.2. The molecule has 0 aromatic carbocycles. The van der Waals surface area contributed by atoms with Crippen molar-refractivity contribution in [3.8, 4) is 0 Å². The maximum atomic E-state index is 4.28. The first-order valence-electron chi connectivity index (χ1n) is 6.44. The Kier molecular flexibility index (Phi) is 6.70. The molecule has 98 valence electrons. The van der Waals surface area contributed by atoms with Crippen LogP contribution in [0.25, 0.3) is 0 Å². The summed E-state index contributed by atoms with van der Waals surface area (Å²) in [6, 6.07) is 0.638. The summed E-state index contributed by atoms with van der Waals surface area (Å²) >= 11 is 1.75. The maximum Gasteiger partial charge on any atom is 0.0798 e. The standard InChI is InChI=1S/C13H25N3S/c1-5-6-11(2)14-7-8-16(4)9-13-12(3)15-10-17-13/h10-11,14H,5-9H2,1-4H3. The Labute approximate surface area is 109 Å². The predicted molar refractivity (Wildman–Crippen MR) is 75.6 cm³/mol. The molecule has 1 N–H and O–H groups in total. The van der Waals surface area contributed by atoms with E-state index in [2.05, 4.69) is 43.0 Å². The van der Waals surface area contributed by atoms with Crippen molar-refractivity contribution in [3.05, 3.63) is 16.1 Å². The lowest BCUT2D eigenvalue weighted by Gasteiger charge is -2.18. The van der Waals surface area contributed by atoms with Crippen LogP contribution in [0, 0.1) is 6.92 Å². The van der Waals surface area contributed by atoms with Crippen molar-refractivity contribution < 1.29 is 0 Å². The summed E-state index contributed by atoms with van der Waals surface area (Å²) in [5.41, 5.74) is 3.11. The molecule has 0 aliphatic carbocycles. The van der Waals surface area contributed by atoms with Gasteiger partial charge in [0.25, 0.3) is 0 Å². The zero-order valence-electron chi connectivity index (χ0n) is 11.5. The van der Waals surface area contributed by atoms with Gasteiger partial charge in [0.1, 0.15) is 0 Å². The third-order valence-corrected chi connectivity index (χ3v) is 3.89. The number of likely N-dealkylation sites (N-methyl/N-ethyl adjacent to an activating group) is 1. The number of thiazole rings is 1. The summed E-state index contributed by atoms with van der Waals surface area (Å²) in [6.45, 7) is 9.75. The van der Waals surface area contributed by atoms with E-state index in [0.717, 1.165) is 19.6 Å². The second-order valence-electron chi connectivity index (χ2n) is 4.74. The molecule has 0 radical (unpaired) electrons. The van der Waals surface area contributed by atoms with Gasteiger partial charge in [0, 0.05) is 30.6 Å². The smallest absolute Gasteiger partial charge is 0.0798 e. The highest BCUT2D eigenvalue weighted by molar-refractivity contribution is 7.09. The molecule has 4 heteroatoms. The van der Waals surface area contributed by atoms with E-state index in [4.69, 9.17) is 0 Å². The Morgan fingerprint density at radius 2 is 2.29 bits per heavy atom. The first kappa shape index (κ1) is 14.6. The number of hydrogen-bond acceptors (Lipinski definition) is 4. The highest BCUT2D eigenvalue weighted by Gasteiger charge is 2.06. The molecule has 0 aliphatic heterocycles. The van der Waals surface area contributed by atoms with Crippen molar-refractivity contribution in [2.24, 2.45) is 0 Å². The van der Waals surface area contributed by atoms with Gasteiger partial charge in [0.15, 0.2) is 0 Å². The number of rotatable bonds is 8. The molecule has 1 heterocycles. The minimum absolute atomic E-state index is 0.638. The number of aromatic nitrogens is 1. The zero-order valence-corrected chi connectivity index (χ0v) is 12.3. The molecule has 17 heavy (non-hydrogen) atoms. The lowest BCUT2D eigenvalue weighted by atomic mass is 10.2. The molecule has 0 aliphatic rings. The Morgan fingerprint density at radius 1 is 1.53 bits per heavy atom. The largest absolute Gasteiger partial charge is 0.313 e. The molecule has 0 saturated carbocycles. The minimum atomic E-state index is 0.638. The van der Waals surface area contributed by atoms with E-state index in [1.807, 2.05) is 5.51 Å². The lowest BCUT2D eigenvalue weighted by molar-refractivity contribution is 0.318. The number of nitrogens with one attached hydrogen (secondary N) is 1. The van der Waals surface area contributed by atoms with Crippen LogP contribution in [-0.4, -0.2) is 36.1 Å². The topological polar surface area (TPSA) is 28.2 Å². The average Bonchev–Trinajstić information content (AvgIpc) is 2.65. The van der Waals surface area contributed by atoms with E-state index >= 15 is 0 Å². The summed E-state index contributed by atoms with van der Waals surface area (Å²) in [4.78, 5) is 8.02. The third kappa shape index (κ3) is 5.61. The van der Waals surface area contributed by atoms with E-state index in [0.29, 0.717) is 6.04 Å². The van der Waals surface area contributed by atoms with Gasteiger partial charge in [-0.3, -0.25) is 4.90 Å². The summed E-state index contributed by atoms with van der Waals surface area (Å²) in [5.74, 6) is 0. The molecular weight excluding hydrogens is 230 g/mol. The first-order chi connectivity index (χ1) is 8.13. The van der Waals surface area contributed by atoms with E-state index < -0.39 is 0 Å². The van der Waals surface area contributed by atoms with E-state index in [1.165, 1.54) is 23.4 Å². The van der Waals surface area contributed by atoms with Crippen LogP contribution in [-0.2, 0) is 6.54 Å². The van der Waals surface area contributed by atoms with Gasteiger partial charge >= 0.3 is 0 Å². The molecular formula is C13H25N3S. The molecule has 0 saturated heterocycles. The van der Waals surface area contributed by atoms with Gasteiger partial charge in [0.05, 0.1) is 11.2 Å². The summed E-state index contributed by atoms with van der Waals surface area (Å²) in [7, 11) is 2.17. The fourth-order valence-corrected chi connectivity index (χ4v) is 2.70. The SMILES string of the molecule is CCCC(C)NCCN(C)Cc1scnc1C. The molecule has 3 nitrogen and oxygen atoms in total. The molecule has 1 atom stereocenters. The zero-order chi connectivity index (χ0) is 12.7. The van der Waals surface area contributed by atoms with Crippen LogP contribution in [0.2, 0.25) is 0 Å². The van der Waals surface area contributed by atoms with Crippen molar-refractivity contribution in [3.63, 3.8) is 0 Å². The van der Waals surface area contributed by atoms with E-state index in [1.54, 1.807) is 11.3 Å². The van der Waals surface area contributed by atoms with Crippen molar-refractivity contribution in [1.29, 1.82) is 0 Å². The quantitative estimate of drug-likeness (QED) is 0.774. The molecule has 1 rings (SSSR count). The Balaban J connectivity index is 2.17. The number of aryl methyl sites for hydroxylation is 1. The van der Waals surface area contributed by atoms with Crippen molar-refractivity contribution in [1.82, 2.24) is 15.2 Å². The van der Waals surface area contributed by atoms with Crippen LogP contribution in [0.4, 0.5) is 0 Å². The summed E-state index contributed by atoms with van der Waals surface area (Å²) < 4.78 is 0. The fourth-order valence-electron chi connectivity index (χ4n) is 1.84. The Bertz CT molecular complexity index is 311. The third-order valence-electron chi connectivity index (χ3n) is 2.97. The van der Waals surface area contributed by atoms with Gasteiger partial charge in [-0.2, -0.15) is 0 Å². The summed E-state index contributed by atoms with van der Waals surface area (Å²) in [6.07, 6.45) is 2.52.